The molecular formula is C12H11Cl2N3O2. The number of rotatable bonds is 4. The van der Waals surface area contributed by atoms with Crippen LogP contribution in [0.4, 0.5) is 5.82 Å². The molecule has 19 heavy (non-hydrogen) atoms. The van der Waals surface area contributed by atoms with Crippen molar-refractivity contribution in [2.75, 3.05) is 5.73 Å². The minimum absolute atomic E-state index is 0.0124. The highest BCUT2D eigenvalue weighted by Gasteiger charge is 2.07. The molecule has 0 aliphatic carbocycles. The first-order valence-electron chi connectivity index (χ1n) is 5.43. The van der Waals surface area contributed by atoms with Gasteiger partial charge < -0.3 is 10.5 Å². The summed E-state index contributed by atoms with van der Waals surface area (Å²) in [5.74, 6) is -0.0496. The molecule has 0 spiro atoms. The van der Waals surface area contributed by atoms with Crippen LogP contribution in [-0.4, -0.2) is 15.7 Å². The molecule has 0 atom stereocenters. The van der Waals surface area contributed by atoms with Gasteiger partial charge in [-0.15, -0.1) is 0 Å². The monoisotopic (exact) mass is 299 g/mol. The van der Waals surface area contributed by atoms with Gasteiger partial charge in [-0.3, -0.25) is 9.48 Å². The summed E-state index contributed by atoms with van der Waals surface area (Å²) in [7, 11) is 0. The van der Waals surface area contributed by atoms with Crippen LogP contribution in [0, 0.1) is 0 Å². The number of anilines is 1. The Bertz CT molecular complexity index is 598. The second-order valence-corrected chi connectivity index (χ2v) is 4.66. The predicted molar refractivity (Wildman–Crippen MR) is 72.9 cm³/mol. The molecule has 7 heteroatoms. The Balaban J connectivity index is 1.88. The Morgan fingerprint density at radius 3 is 2.74 bits per heavy atom. The first-order chi connectivity index (χ1) is 9.04. The molecule has 1 aromatic heterocycles. The van der Waals surface area contributed by atoms with Crippen molar-refractivity contribution in [2.45, 2.75) is 13.2 Å². The lowest BCUT2D eigenvalue weighted by Crippen LogP contribution is -2.14. The largest absolute Gasteiger partial charge is 0.459 e. The number of nitrogens with zero attached hydrogens (tertiary/aromatic N) is 2. The summed E-state index contributed by atoms with van der Waals surface area (Å²) in [6, 6.07) is 6.66. The first-order valence-corrected chi connectivity index (χ1v) is 6.18. The van der Waals surface area contributed by atoms with Gasteiger partial charge in [-0.2, -0.15) is 5.10 Å². The van der Waals surface area contributed by atoms with Crippen LogP contribution >= 0.6 is 23.2 Å². The van der Waals surface area contributed by atoms with Crippen molar-refractivity contribution in [3.63, 3.8) is 0 Å². The molecule has 0 saturated carbocycles. The molecule has 0 bridgehead atoms. The Hall–Kier alpha value is -1.72. The highest BCUT2D eigenvalue weighted by Crippen LogP contribution is 2.22. The average Bonchev–Trinajstić information content (AvgIpc) is 2.76. The van der Waals surface area contributed by atoms with Crippen molar-refractivity contribution < 1.29 is 9.53 Å². The molecule has 2 N–H and O–H groups in total. The van der Waals surface area contributed by atoms with Crippen LogP contribution in [0.2, 0.25) is 10.0 Å². The third-order valence-electron chi connectivity index (χ3n) is 2.34. The maximum Gasteiger partial charge on any atom is 0.328 e. The lowest BCUT2D eigenvalue weighted by atomic mass is 10.2. The van der Waals surface area contributed by atoms with E-state index in [0.29, 0.717) is 15.9 Å². The maximum absolute atomic E-state index is 11.6. The minimum Gasteiger partial charge on any atom is -0.459 e. The third kappa shape index (κ3) is 3.87. The fourth-order valence-electron chi connectivity index (χ4n) is 1.44. The fourth-order valence-corrected chi connectivity index (χ4v) is 1.76. The van der Waals surface area contributed by atoms with E-state index in [1.165, 1.54) is 4.68 Å². The minimum atomic E-state index is -0.408. The lowest BCUT2D eigenvalue weighted by molar-refractivity contribution is -0.145. The zero-order valence-corrected chi connectivity index (χ0v) is 11.4. The van der Waals surface area contributed by atoms with Crippen LogP contribution in [0.5, 0.6) is 0 Å². The number of esters is 1. The summed E-state index contributed by atoms with van der Waals surface area (Å²) < 4.78 is 6.50. The van der Waals surface area contributed by atoms with Crippen molar-refractivity contribution in [2.24, 2.45) is 0 Å². The van der Waals surface area contributed by atoms with E-state index in [1.54, 1.807) is 30.5 Å². The summed E-state index contributed by atoms with van der Waals surface area (Å²) in [4.78, 5) is 11.6. The van der Waals surface area contributed by atoms with Gasteiger partial charge in [-0.05, 0) is 23.8 Å². The highest BCUT2D eigenvalue weighted by atomic mass is 35.5. The SMILES string of the molecule is Nc1ccn(CC(=O)OCc2ccc(Cl)c(Cl)c2)n1. The molecule has 5 nitrogen and oxygen atoms in total. The molecule has 1 heterocycles. The van der Waals surface area contributed by atoms with Crippen molar-refractivity contribution in [1.29, 1.82) is 0 Å². The molecule has 100 valence electrons. The smallest absolute Gasteiger partial charge is 0.328 e. The van der Waals surface area contributed by atoms with E-state index in [4.69, 9.17) is 33.7 Å². The van der Waals surface area contributed by atoms with Gasteiger partial charge in [-0.1, -0.05) is 29.3 Å². The van der Waals surface area contributed by atoms with Crippen molar-refractivity contribution in [3.8, 4) is 0 Å². The molecule has 0 amide bonds. The molecule has 2 aromatic rings. The summed E-state index contributed by atoms with van der Waals surface area (Å²) in [5.41, 5.74) is 6.21. The second-order valence-electron chi connectivity index (χ2n) is 3.85. The third-order valence-corrected chi connectivity index (χ3v) is 3.08. The van der Waals surface area contributed by atoms with Crippen molar-refractivity contribution in [3.05, 3.63) is 46.1 Å². The van der Waals surface area contributed by atoms with Gasteiger partial charge in [-0.25, -0.2) is 0 Å². The van der Waals surface area contributed by atoms with Crippen molar-refractivity contribution in [1.82, 2.24) is 9.78 Å². The second kappa shape index (κ2) is 5.95. The number of nitrogens with two attached hydrogens (primary N) is 1. The molecule has 0 unspecified atom stereocenters. The Labute approximate surface area is 119 Å². The summed E-state index contributed by atoms with van der Waals surface area (Å²) >= 11 is 11.7. The van der Waals surface area contributed by atoms with Crippen molar-refractivity contribution >= 4 is 35.0 Å². The van der Waals surface area contributed by atoms with E-state index in [0.717, 1.165) is 5.56 Å². The summed E-state index contributed by atoms with van der Waals surface area (Å²) in [6.07, 6.45) is 1.61. The summed E-state index contributed by atoms with van der Waals surface area (Å²) in [5, 5.41) is 4.77. The van der Waals surface area contributed by atoms with Crippen LogP contribution < -0.4 is 5.73 Å². The van der Waals surface area contributed by atoms with E-state index in [1.807, 2.05) is 0 Å². The highest BCUT2D eigenvalue weighted by molar-refractivity contribution is 6.42. The van der Waals surface area contributed by atoms with E-state index >= 15 is 0 Å². The molecule has 1 aromatic carbocycles. The molecule has 0 fully saturated rings. The van der Waals surface area contributed by atoms with Crippen LogP contribution in [0.15, 0.2) is 30.5 Å². The van der Waals surface area contributed by atoms with Crippen LogP contribution in [0.1, 0.15) is 5.56 Å². The molecule has 2 rings (SSSR count). The van der Waals surface area contributed by atoms with Gasteiger partial charge in [0.1, 0.15) is 19.0 Å². The number of aromatic nitrogens is 2. The van der Waals surface area contributed by atoms with Crippen LogP contribution in [0.25, 0.3) is 0 Å². The average molecular weight is 300 g/mol. The van der Waals surface area contributed by atoms with Crippen LogP contribution in [-0.2, 0) is 22.7 Å². The van der Waals surface area contributed by atoms with Gasteiger partial charge in [0.05, 0.1) is 10.0 Å². The lowest BCUT2D eigenvalue weighted by Gasteiger charge is -2.06. The van der Waals surface area contributed by atoms with Gasteiger partial charge in [0.2, 0.25) is 0 Å². The van der Waals surface area contributed by atoms with Gasteiger partial charge in [0.15, 0.2) is 0 Å². The number of nitrogen functional groups attached to an aromatic ring is 1. The standard InChI is InChI=1S/C12H11Cl2N3O2/c13-9-2-1-8(5-10(9)14)7-19-12(18)6-17-4-3-11(15)16-17/h1-5H,6-7H2,(H2,15,16). The molecule has 0 aliphatic rings. The molecule has 0 radical (unpaired) electrons. The number of ether oxygens (including phenoxy) is 1. The first kappa shape index (κ1) is 13.7. The van der Waals surface area contributed by atoms with Gasteiger partial charge in [0, 0.05) is 6.20 Å². The van der Waals surface area contributed by atoms with Gasteiger partial charge >= 0.3 is 5.97 Å². The van der Waals surface area contributed by atoms with Crippen LogP contribution in [0.3, 0.4) is 0 Å². The number of hydrogen-bond acceptors (Lipinski definition) is 4. The molecular weight excluding hydrogens is 289 g/mol. The van der Waals surface area contributed by atoms with E-state index in [-0.39, 0.29) is 13.2 Å². The molecule has 0 saturated heterocycles. The Morgan fingerprint density at radius 1 is 1.32 bits per heavy atom. The predicted octanol–water partition coefficient (Wildman–Crippen LogP) is 2.52. The number of halogens is 2. The quantitative estimate of drug-likeness (QED) is 0.881. The zero-order chi connectivity index (χ0) is 13.8. The Morgan fingerprint density at radius 2 is 2.11 bits per heavy atom. The fraction of sp³-hybridized carbons (Fsp3) is 0.167. The number of carbonyl (C=O) groups excluding carboxylic acids is 1. The van der Waals surface area contributed by atoms with Gasteiger partial charge in [0.25, 0.3) is 0 Å². The number of carbonyl (C=O) groups is 1. The van der Waals surface area contributed by atoms with E-state index in [2.05, 4.69) is 5.10 Å². The van der Waals surface area contributed by atoms with E-state index in [9.17, 15) is 4.79 Å². The zero-order valence-electron chi connectivity index (χ0n) is 9.85. The number of benzene rings is 1. The maximum atomic E-state index is 11.6. The Kier molecular flexibility index (Phi) is 4.29. The normalized spacial score (nSPS) is 10.4. The molecule has 0 aliphatic heterocycles. The van der Waals surface area contributed by atoms with E-state index < -0.39 is 5.97 Å². The summed E-state index contributed by atoms with van der Waals surface area (Å²) in [6.45, 7) is 0.144. The number of hydrogen-bond donors (Lipinski definition) is 1. The topological polar surface area (TPSA) is 70.1 Å².